The second kappa shape index (κ2) is 17.8. The molecular formula is C35H36FN3O11. The van der Waals surface area contributed by atoms with Crippen LogP contribution < -0.4 is 10.1 Å². The summed E-state index contributed by atoms with van der Waals surface area (Å²) in [7, 11) is 0. The number of carbonyl (C=O) groups excluding carboxylic acids is 4. The summed E-state index contributed by atoms with van der Waals surface area (Å²) in [6.07, 6.45) is 0.0247. The second-order valence-corrected chi connectivity index (χ2v) is 11.3. The Balaban J connectivity index is 1.38. The first kappa shape index (κ1) is 37.3. The van der Waals surface area contributed by atoms with Gasteiger partial charge in [0.15, 0.2) is 0 Å². The Labute approximate surface area is 285 Å². The number of pyridine rings is 1. The van der Waals surface area contributed by atoms with Gasteiger partial charge in [-0.2, -0.15) is 0 Å². The third-order valence-electron chi connectivity index (χ3n) is 7.11. The highest BCUT2D eigenvalue weighted by Gasteiger charge is 2.33. The SMILES string of the molecule is Cc1ccc(F)c(CC(=O)Cc2ccc(Oc3ccnc(-c4cc(C(=O)NC(C(=O)OCC(O)CO)C(=O)OCC(O)CO)c[nH]4)c3)cc2)c1. The van der Waals surface area contributed by atoms with Crippen LogP contribution in [0.4, 0.5) is 4.39 Å². The smallest absolute Gasteiger partial charge is 0.340 e. The Kier molecular flexibility index (Phi) is 13.3. The van der Waals surface area contributed by atoms with Gasteiger partial charge in [-0.25, -0.2) is 14.0 Å². The summed E-state index contributed by atoms with van der Waals surface area (Å²) in [4.78, 5) is 57.9. The minimum atomic E-state index is -2.01. The van der Waals surface area contributed by atoms with E-state index in [4.69, 9.17) is 24.4 Å². The fourth-order valence-corrected chi connectivity index (χ4v) is 4.51. The molecule has 2 heterocycles. The van der Waals surface area contributed by atoms with Gasteiger partial charge in [0.1, 0.15) is 48.5 Å². The molecule has 2 aromatic heterocycles. The number of aliphatic hydroxyl groups excluding tert-OH is 4. The summed E-state index contributed by atoms with van der Waals surface area (Å²) < 4.78 is 29.6. The van der Waals surface area contributed by atoms with Crippen LogP contribution in [-0.4, -0.2) is 98.7 Å². The first-order valence-corrected chi connectivity index (χ1v) is 15.4. The largest absolute Gasteiger partial charge is 0.461 e. The number of hydrogen-bond donors (Lipinski definition) is 6. The maximum atomic E-state index is 14.1. The lowest BCUT2D eigenvalue weighted by Gasteiger charge is -2.18. The molecule has 6 N–H and O–H groups in total. The van der Waals surface area contributed by atoms with E-state index in [0.717, 1.165) is 11.1 Å². The van der Waals surface area contributed by atoms with E-state index < -0.39 is 68.3 Å². The quantitative estimate of drug-likeness (QED) is 0.0686. The van der Waals surface area contributed by atoms with Crippen molar-refractivity contribution in [3.63, 3.8) is 0 Å². The zero-order chi connectivity index (χ0) is 36.2. The molecule has 0 saturated carbocycles. The van der Waals surface area contributed by atoms with Crippen molar-refractivity contribution in [2.24, 2.45) is 0 Å². The molecule has 4 aromatic rings. The van der Waals surface area contributed by atoms with Crippen molar-refractivity contribution in [3.8, 4) is 22.9 Å². The van der Waals surface area contributed by atoms with Gasteiger partial charge in [-0.3, -0.25) is 14.6 Å². The molecule has 1 amide bonds. The van der Waals surface area contributed by atoms with Crippen LogP contribution in [0.25, 0.3) is 11.4 Å². The van der Waals surface area contributed by atoms with Crippen LogP contribution in [0.5, 0.6) is 11.5 Å². The van der Waals surface area contributed by atoms with Crippen LogP contribution in [0, 0.1) is 12.7 Å². The number of benzene rings is 2. The van der Waals surface area contributed by atoms with Crippen molar-refractivity contribution >= 4 is 23.6 Å². The van der Waals surface area contributed by atoms with Crippen molar-refractivity contribution in [2.45, 2.75) is 38.0 Å². The van der Waals surface area contributed by atoms with Crippen molar-refractivity contribution < 1.29 is 58.2 Å². The molecule has 0 aliphatic rings. The Morgan fingerprint density at radius 2 is 1.52 bits per heavy atom. The van der Waals surface area contributed by atoms with E-state index in [1.807, 2.05) is 6.92 Å². The number of nitrogens with zero attached hydrogens (tertiary/aromatic N) is 1. The predicted molar refractivity (Wildman–Crippen MR) is 173 cm³/mol. The summed E-state index contributed by atoms with van der Waals surface area (Å²) in [5.74, 6) is -3.17. The average molecular weight is 694 g/mol. The normalized spacial score (nSPS) is 12.8. The van der Waals surface area contributed by atoms with Crippen LogP contribution in [0.3, 0.4) is 0 Å². The van der Waals surface area contributed by atoms with Gasteiger partial charge in [0.05, 0.1) is 30.2 Å². The second-order valence-electron chi connectivity index (χ2n) is 11.3. The summed E-state index contributed by atoms with van der Waals surface area (Å²) >= 11 is 0. The number of halogens is 1. The van der Waals surface area contributed by atoms with E-state index in [2.05, 4.69) is 15.3 Å². The molecule has 0 bridgehead atoms. The molecular weight excluding hydrogens is 657 g/mol. The zero-order valence-corrected chi connectivity index (χ0v) is 26.9. The highest BCUT2D eigenvalue weighted by atomic mass is 19.1. The molecule has 2 atom stereocenters. The van der Waals surface area contributed by atoms with Crippen LogP contribution in [0.2, 0.25) is 0 Å². The molecule has 0 aliphatic heterocycles. The number of ketones is 1. The third kappa shape index (κ3) is 10.8. The predicted octanol–water partition coefficient (Wildman–Crippen LogP) is 1.56. The number of hydrogen-bond acceptors (Lipinski definition) is 12. The molecule has 4 rings (SSSR count). The maximum Gasteiger partial charge on any atom is 0.340 e. The van der Waals surface area contributed by atoms with Gasteiger partial charge in [-0.15, -0.1) is 0 Å². The molecule has 0 radical (unpaired) electrons. The number of Topliss-reactive ketones (excluding diaryl/α,β-unsaturated/α-hetero) is 1. The molecule has 264 valence electrons. The van der Waals surface area contributed by atoms with Crippen molar-refractivity contribution in [2.75, 3.05) is 26.4 Å². The highest BCUT2D eigenvalue weighted by Crippen LogP contribution is 2.26. The van der Waals surface area contributed by atoms with Gasteiger partial charge < -0.3 is 44.9 Å². The van der Waals surface area contributed by atoms with Crippen LogP contribution in [0.15, 0.2) is 73.1 Å². The number of aliphatic hydroxyl groups is 4. The van der Waals surface area contributed by atoms with Crippen molar-refractivity contribution in [3.05, 3.63) is 101 Å². The minimum Gasteiger partial charge on any atom is -0.461 e. The molecule has 0 fully saturated rings. The summed E-state index contributed by atoms with van der Waals surface area (Å²) in [5, 5.41) is 39.0. The van der Waals surface area contributed by atoms with Crippen LogP contribution >= 0.6 is 0 Å². The van der Waals surface area contributed by atoms with Crippen LogP contribution in [-0.2, 0) is 36.7 Å². The van der Waals surface area contributed by atoms with E-state index in [0.29, 0.717) is 28.5 Å². The van der Waals surface area contributed by atoms with Crippen LogP contribution in [0.1, 0.15) is 27.0 Å². The fourth-order valence-electron chi connectivity index (χ4n) is 4.51. The number of aromatic nitrogens is 2. The number of nitrogens with one attached hydrogen (secondary N) is 2. The molecule has 2 unspecified atom stereocenters. The van der Waals surface area contributed by atoms with E-state index in [-0.39, 0.29) is 24.2 Å². The summed E-state index contributed by atoms with van der Waals surface area (Å²) in [6, 6.07) is 14.1. The minimum absolute atomic E-state index is 0.0137. The average Bonchev–Trinajstić information content (AvgIpc) is 3.61. The number of ether oxygens (including phenoxy) is 3. The Bertz CT molecular complexity index is 1770. The topological polar surface area (TPSA) is 218 Å². The molecule has 14 nitrogen and oxygen atoms in total. The number of H-pyrrole nitrogens is 1. The van der Waals surface area contributed by atoms with E-state index in [1.165, 1.54) is 24.5 Å². The molecule has 0 spiro atoms. The fraction of sp³-hybridized carbons (Fsp3) is 0.286. The molecule has 2 aromatic carbocycles. The van der Waals surface area contributed by atoms with Gasteiger partial charge in [-0.1, -0.05) is 29.8 Å². The Morgan fingerprint density at radius 3 is 2.16 bits per heavy atom. The van der Waals surface area contributed by atoms with Crippen molar-refractivity contribution in [1.82, 2.24) is 15.3 Å². The van der Waals surface area contributed by atoms with E-state index in [9.17, 15) is 33.8 Å². The number of rotatable bonds is 17. The Hall–Kier alpha value is -5.48. The number of esters is 2. The summed E-state index contributed by atoms with van der Waals surface area (Å²) in [5.41, 5.74) is 2.70. The van der Waals surface area contributed by atoms with Gasteiger partial charge in [0, 0.05) is 31.3 Å². The first-order chi connectivity index (χ1) is 23.9. The molecule has 0 aliphatic carbocycles. The standard InChI is InChI=1S/C35H36FN3O11/c1-20-2-7-29(36)22(10-20)12-24(42)11-21-3-5-27(6-4-21)50-28-8-9-37-31(14-28)30-13-23(15-38-30)33(45)39-32(34(46)48-18-25(43)16-40)35(47)49-19-26(44)17-41/h2-10,13-15,25-26,32,38,40-41,43-44H,11-12,16-19H2,1H3,(H,39,45). The lowest BCUT2D eigenvalue weighted by Crippen LogP contribution is -2.49. The lowest BCUT2D eigenvalue weighted by molar-refractivity contribution is -0.162. The van der Waals surface area contributed by atoms with E-state index >= 15 is 0 Å². The van der Waals surface area contributed by atoms with Crippen molar-refractivity contribution in [1.29, 1.82) is 0 Å². The monoisotopic (exact) mass is 693 g/mol. The highest BCUT2D eigenvalue weighted by molar-refractivity contribution is 6.06. The zero-order valence-electron chi connectivity index (χ0n) is 26.9. The third-order valence-corrected chi connectivity index (χ3v) is 7.11. The van der Waals surface area contributed by atoms with Gasteiger partial charge in [-0.05, 0) is 48.4 Å². The maximum absolute atomic E-state index is 14.1. The molecule has 15 heteroatoms. The van der Waals surface area contributed by atoms with Gasteiger partial charge in [0.2, 0.25) is 6.04 Å². The number of aryl methyl sites for hydroxylation is 1. The van der Waals surface area contributed by atoms with E-state index in [1.54, 1.807) is 48.5 Å². The number of amides is 1. The lowest BCUT2D eigenvalue weighted by atomic mass is 10.0. The molecule has 0 saturated heterocycles. The number of aromatic amines is 1. The summed E-state index contributed by atoms with van der Waals surface area (Å²) in [6.45, 7) is -0.962. The van der Waals surface area contributed by atoms with Gasteiger partial charge in [0.25, 0.3) is 5.91 Å². The first-order valence-electron chi connectivity index (χ1n) is 15.4. The van der Waals surface area contributed by atoms with Gasteiger partial charge >= 0.3 is 11.9 Å². The molecule has 50 heavy (non-hydrogen) atoms. The Morgan fingerprint density at radius 1 is 0.860 bits per heavy atom. The number of carbonyl (C=O) groups is 4.